The van der Waals surface area contributed by atoms with Crippen molar-refractivity contribution in [1.82, 2.24) is 19.0 Å². The highest BCUT2D eigenvalue weighted by Crippen LogP contribution is 2.31. The van der Waals surface area contributed by atoms with Crippen LogP contribution in [-0.2, 0) is 18.9 Å². The summed E-state index contributed by atoms with van der Waals surface area (Å²) in [5, 5.41) is 0.387. The van der Waals surface area contributed by atoms with E-state index in [1.165, 1.54) is 11.6 Å². The molecule has 4 rings (SSSR count). The quantitative estimate of drug-likeness (QED) is 0.629. The van der Waals surface area contributed by atoms with E-state index in [2.05, 4.69) is 4.98 Å². The van der Waals surface area contributed by atoms with Gasteiger partial charge in [0.2, 0.25) is 5.91 Å². The number of aromatic nitrogens is 3. The van der Waals surface area contributed by atoms with E-state index in [1.54, 1.807) is 19.2 Å². The van der Waals surface area contributed by atoms with Crippen LogP contribution in [0.25, 0.3) is 11.0 Å². The van der Waals surface area contributed by atoms with Gasteiger partial charge in [-0.1, -0.05) is 18.2 Å². The highest BCUT2D eigenvalue weighted by Gasteiger charge is 2.29. The SMILES string of the molecule is Cn1c(=O)c2ccc([C@@H]3CCCCN3C(=O)CCOc3ccccc3)nc2n(C)c1=O. The maximum Gasteiger partial charge on any atom is 0.332 e. The van der Waals surface area contributed by atoms with Crippen LogP contribution < -0.4 is 16.0 Å². The van der Waals surface area contributed by atoms with Crippen LogP contribution in [0.5, 0.6) is 5.75 Å². The Balaban J connectivity index is 1.57. The number of para-hydroxylation sites is 1. The number of piperidine rings is 1. The summed E-state index contributed by atoms with van der Waals surface area (Å²) < 4.78 is 8.14. The molecule has 3 aromatic rings. The molecule has 8 heteroatoms. The van der Waals surface area contributed by atoms with E-state index in [-0.39, 0.29) is 23.9 Å². The minimum atomic E-state index is -0.420. The van der Waals surface area contributed by atoms with Crippen molar-refractivity contribution in [3.05, 3.63) is 69.0 Å². The first-order valence-corrected chi connectivity index (χ1v) is 10.5. The summed E-state index contributed by atoms with van der Waals surface area (Å²) in [6.45, 7) is 0.964. The van der Waals surface area contributed by atoms with Crippen LogP contribution in [0.2, 0.25) is 0 Å². The summed E-state index contributed by atoms with van der Waals surface area (Å²) in [7, 11) is 3.06. The highest BCUT2D eigenvalue weighted by molar-refractivity contribution is 5.77. The monoisotopic (exact) mass is 422 g/mol. The maximum atomic E-state index is 13.0. The summed E-state index contributed by atoms with van der Waals surface area (Å²) in [5.41, 5.74) is 0.257. The Kier molecular flexibility index (Phi) is 5.88. The maximum absolute atomic E-state index is 13.0. The van der Waals surface area contributed by atoms with Crippen LogP contribution in [0.3, 0.4) is 0 Å². The number of benzene rings is 1. The fourth-order valence-corrected chi connectivity index (χ4v) is 4.11. The number of hydrogen-bond donors (Lipinski definition) is 0. The Labute approximate surface area is 179 Å². The van der Waals surface area contributed by atoms with Crippen LogP contribution in [0.1, 0.15) is 37.4 Å². The molecule has 0 spiro atoms. The zero-order chi connectivity index (χ0) is 22.0. The van der Waals surface area contributed by atoms with Crippen molar-refractivity contribution in [3.8, 4) is 5.75 Å². The number of rotatable bonds is 5. The minimum absolute atomic E-state index is 0.0143. The fourth-order valence-electron chi connectivity index (χ4n) is 4.11. The van der Waals surface area contributed by atoms with Crippen molar-refractivity contribution in [2.45, 2.75) is 31.7 Å². The molecule has 0 radical (unpaired) electrons. The second kappa shape index (κ2) is 8.75. The summed E-state index contributed by atoms with van der Waals surface area (Å²) >= 11 is 0. The number of aryl methyl sites for hydroxylation is 1. The number of carbonyl (C=O) groups is 1. The topological polar surface area (TPSA) is 86.4 Å². The summed E-state index contributed by atoms with van der Waals surface area (Å²) in [5.74, 6) is 0.754. The Hall–Kier alpha value is -3.42. The molecule has 1 fully saturated rings. The number of hydrogen-bond acceptors (Lipinski definition) is 5. The van der Waals surface area contributed by atoms with Crippen LogP contribution in [0.4, 0.5) is 0 Å². The van der Waals surface area contributed by atoms with Gasteiger partial charge in [-0.15, -0.1) is 0 Å². The van der Waals surface area contributed by atoms with Crippen LogP contribution in [0.15, 0.2) is 52.1 Å². The molecule has 0 aliphatic carbocycles. The number of nitrogens with zero attached hydrogens (tertiary/aromatic N) is 4. The molecule has 1 amide bonds. The molecular formula is C23H26N4O4. The van der Waals surface area contributed by atoms with Gasteiger partial charge in [-0.25, -0.2) is 9.78 Å². The first kappa shape index (κ1) is 20.8. The van der Waals surface area contributed by atoms with Crippen molar-refractivity contribution >= 4 is 16.9 Å². The van der Waals surface area contributed by atoms with Gasteiger partial charge in [0.15, 0.2) is 0 Å². The van der Waals surface area contributed by atoms with Gasteiger partial charge in [0.25, 0.3) is 5.56 Å². The van der Waals surface area contributed by atoms with E-state index in [1.807, 2.05) is 35.2 Å². The predicted octanol–water partition coefficient (Wildman–Crippen LogP) is 2.15. The number of pyridine rings is 1. The molecule has 8 nitrogen and oxygen atoms in total. The zero-order valence-corrected chi connectivity index (χ0v) is 17.8. The van der Waals surface area contributed by atoms with Gasteiger partial charge in [0.1, 0.15) is 11.4 Å². The summed E-state index contributed by atoms with van der Waals surface area (Å²) in [6.07, 6.45) is 3.00. The number of ether oxygens (including phenoxy) is 1. The second-order valence-electron chi connectivity index (χ2n) is 7.82. The molecular weight excluding hydrogens is 396 g/mol. The second-order valence-corrected chi connectivity index (χ2v) is 7.82. The number of likely N-dealkylation sites (tertiary alicyclic amines) is 1. The van der Waals surface area contributed by atoms with Crippen molar-refractivity contribution in [1.29, 1.82) is 0 Å². The Morgan fingerprint density at radius 2 is 1.84 bits per heavy atom. The molecule has 0 N–H and O–H groups in total. The third-order valence-corrected chi connectivity index (χ3v) is 5.82. The molecule has 2 aromatic heterocycles. The third-order valence-electron chi connectivity index (χ3n) is 5.82. The molecule has 162 valence electrons. The van der Waals surface area contributed by atoms with Gasteiger partial charge in [0.05, 0.1) is 30.1 Å². The predicted molar refractivity (Wildman–Crippen MR) is 117 cm³/mol. The van der Waals surface area contributed by atoms with Crippen molar-refractivity contribution in [2.24, 2.45) is 14.1 Å². The van der Waals surface area contributed by atoms with Gasteiger partial charge in [-0.05, 0) is 43.5 Å². The van der Waals surface area contributed by atoms with Gasteiger partial charge in [-0.3, -0.25) is 18.7 Å². The molecule has 1 aliphatic heterocycles. The van der Waals surface area contributed by atoms with E-state index in [0.717, 1.165) is 29.6 Å². The van der Waals surface area contributed by atoms with Crippen LogP contribution >= 0.6 is 0 Å². The van der Waals surface area contributed by atoms with Crippen LogP contribution in [-0.4, -0.2) is 38.1 Å². The molecule has 1 aromatic carbocycles. The van der Waals surface area contributed by atoms with Crippen molar-refractivity contribution in [3.63, 3.8) is 0 Å². The molecule has 0 bridgehead atoms. The van der Waals surface area contributed by atoms with Gasteiger partial charge in [0, 0.05) is 20.6 Å². The van der Waals surface area contributed by atoms with Gasteiger partial charge < -0.3 is 9.64 Å². The zero-order valence-electron chi connectivity index (χ0n) is 17.8. The van der Waals surface area contributed by atoms with E-state index >= 15 is 0 Å². The van der Waals surface area contributed by atoms with Crippen molar-refractivity contribution in [2.75, 3.05) is 13.2 Å². The summed E-state index contributed by atoms with van der Waals surface area (Å²) in [6, 6.07) is 12.7. The van der Waals surface area contributed by atoms with E-state index in [9.17, 15) is 14.4 Å². The average molecular weight is 422 g/mol. The minimum Gasteiger partial charge on any atom is -0.493 e. The lowest BCUT2D eigenvalue weighted by atomic mass is 9.98. The smallest absolute Gasteiger partial charge is 0.332 e. The highest BCUT2D eigenvalue weighted by atomic mass is 16.5. The summed E-state index contributed by atoms with van der Waals surface area (Å²) in [4.78, 5) is 44.2. The van der Waals surface area contributed by atoms with Gasteiger partial charge in [-0.2, -0.15) is 0 Å². The average Bonchev–Trinajstić information content (AvgIpc) is 2.81. The standard InChI is InChI=1S/C23H26N4O4/c1-25-21-17(22(29)26(2)23(25)30)11-12-18(24-21)19-10-6-7-14-27(19)20(28)13-15-31-16-8-4-3-5-9-16/h3-5,8-9,11-12,19H,6-7,10,13-15H2,1-2H3/t19-/m0/s1. The molecule has 31 heavy (non-hydrogen) atoms. The number of amides is 1. The fraction of sp³-hybridized carbons (Fsp3) is 0.391. The first-order chi connectivity index (χ1) is 15.0. The van der Waals surface area contributed by atoms with E-state index in [4.69, 9.17) is 4.74 Å². The van der Waals surface area contributed by atoms with Crippen molar-refractivity contribution < 1.29 is 9.53 Å². The molecule has 3 heterocycles. The Morgan fingerprint density at radius 1 is 1.06 bits per heavy atom. The van der Waals surface area contributed by atoms with Crippen LogP contribution in [0, 0.1) is 0 Å². The third kappa shape index (κ3) is 4.10. The Morgan fingerprint density at radius 3 is 2.61 bits per heavy atom. The molecule has 1 atom stereocenters. The Bertz CT molecular complexity index is 1220. The molecule has 1 saturated heterocycles. The number of fused-ring (bicyclic) bond motifs is 1. The molecule has 1 aliphatic rings. The molecule has 0 unspecified atom stereocenters. The largest absolute Gasteiger partial charge is 0.493 e. The first-order valence-electron chi connectivity index (χ1n) is 10.5. The van der Waals surface area contributed by atoms with Gasteiger partial charge >= 0.3 is 5.69 Å². The van der Waals surface area contributed by atoms with E-state index < -0.39 is 5.69 Å². The lowest BCUT2D eigenvalue weighted by Crippen LogP contribution is -2.40. The lowest BCUT2D eigenvalue weighted by molar-refractivity contribution is -0.135. The molecule has 0 saturated carbocycles. The van der Waals surface area contributed by atoms with E-state index in [0.29, 0.717) is 29.9 Å². The normalized spacial score (nSPS) is 16.5. The number of carbonyl (C=O) groups excluding carboxylic acids is 1. The lowest BCUT2D eigenvalue weighted by Gasteiger charge is -2.35.